The third-order valence-electron chi connectivity index (χ3n) is 2.95. The number of carbonyl (C=O) groups excluding carboxylic acids is 1. The maximum atomic E-state index is 12.0. The van der Waals surface area contributed by atoms with Crippen molar-refractivity contribution in [3.63, 3.8) is 0 Å². The van der Waals surface area contributed by atoms with Crippen molar-refractivity contribution >= 4 is 15.8 Å². The fourth-order valence-electron chi connectivity index (χ4n) is 1.91. The van der Waals surface area contributed by atoms with Gasteiger partial charge in [-0.25, -0.2) is 8.42 Å². The largest absolute Gasteiger partial charge is 0.497 e. The van der Waals surface area contributed by atoms with Gasteiger partial charge in [0.25, 0.3) is 0 Å². The topological polar surface area (TPSA) is 81.7 Å². The van der Waals surface area contributed by atoms with Crippen molar-refractivity contribution < 1.29 is 22.7 Å². The average Bonchev–Trinajstić information content (AvgIpc) is 2.46. The molecule has 1 atom stereocenters. The van der Waals surface area contributed by atoms with Gasteiger partial charge in [-0.15, -0.1) is 0 Å². The summed E-state index contributed by atoms with van der Waals surface area (Å²) < 4.78 is 33.5. The number of ether oxygens (including phenoxy) is 2. The Morgan fingerprint density at radius 2 is 1.86 bits per heavy atom. The van der Waals surface area contributed by atoms with E-state index in [1.54, 1.807) is 31.4 Å². The highest BCUT2D eigenvalue weighted by molar-refractivity contribution is 7.92. The molecule has 1 rings (SSSR count). The molecule has 0 aliphatic rings. The Kier molecular flexibility index (Phi) is 6.64. The van der Waals surface area contributed by atoms with Crippen molar-refractivity contribution in [2.24, 2.45) is 0 Å². The van der Waals surface area contributed by atoms with Crippen molar-refractivity contribution in [2.75, 3.05) is 32.3 Å². The van der Waals surface area contributed by atoms with Crippen molar-refractivity contribution in [3.8, 4) is 5.75 Å². The molecule has 0 bridgehead atoms. The maximum absolute atomic E-state index is 12.0. The molecule has 6 nitrogen and oxygen atoms in total. The van der Waals surface area contributed by atoms with E-state index in [2.05, 4.69) is 10.1 Å². The lowest BCUT2D eigenvalue weighted by atomic mass is 10.1. The fraction of sp³-hybridized carbons (Fsp3) is 0.500. The van der Waals surface area contributed by atoms with Gasteiger partial charge in [0.2, 0.25) is 0 Å². The zero-order valence-corrected chi connectivity index (χ0v) is 13.3. The van der Waals surface area contributed by atoms with Crippen LogP contribution in [0.1, 0.15) is 18.5 Å². The molecule has 0 aliphatic heterocycles. The van der Waals surface area contributed by atoms with Crippen LogP contribution in [0.15, 0.2) is 24.3 Å². The van der Waals surface area contributed by atoms with E-state index in [4.69, 9.17) is 4.74 Å². The average molecular weight is 315 g/mol. The van der Waals surface area contributed by atoms with E-state index in [1.165, 1.54) is 7.11 Å². The minimum atomic E-state index is -3.55. The number of hydrogen-bond acceptors (Lipinski definition) is 6. The molecular weight excluding hydrogens is 294 g/mol. The number of esters is 1. The number of benzene rings is 1. The predicted octanol–water partition coefficient (Wildman–Crippen LogP) is 0.934. The zero-order valence-electron chi connectivity index (χ0n) is 12.5. The Balaban J connectivity index is 2.88. The van der Waals surface area contributed by atoms with Gasteiger partial charge in [-0.05, 0) is 24.2 Å². The molecule has 1 aromatic carbocycles. The van der Waals surface area contributed by atoms with Crippen molar-refractivity contribution in [2.45, 2.75) is 13.0 Å². The minimum Gasteiger partial charge on any atom is -0.497 e. The Hall–Kier alpha value is -1.60. The first-order valence-corrected chi connectivity index (χ1v) is 8.38. The SMILES string of the molecule is CCNC(CS(=O)(=O)CC(=O)OC)c1ccc(OC)cc1. The van der Waals surface area contributed by atoms with E-state index in [9.17, 15) is 13.2 Å². The number of carbonyl (C=O) groups is 1. The predicted molar refractivity (Wildman–Crippen MR) is 80.1 cm³/mol. The summed E-state index contributed by atoms with van der Waals surface area (Å²) >= 11 is 0. The van der Waals surface area contributed by atoms with E-state index in [1.807, 2.05) is 6.92 Å². The van der Waals surface area contributed by atoms with Crippen LogP contribution in [0.5, 0.6) is 5.75 Å². The van der Waals surface area contributed by atoms with Gasteiger partial charge in [-0.2, -0.15) is 0 Å². The van der Waals surface area contributed by atoms with Gasteiger partial charge in [-0.1, -0.05) is 19.1 Å². The van der Waals surface area contributed by atoms with Crippen LogP contribution in [0.2, 0.25) is 0 Å². The highest BCUT2D eigenvalue weighted by Gasteiger charge is 2.23. The van der Waals surface area contributed by atoms with Crippen LogP contribution in [-0.4, -0.2) is 46.7 Å². The summed E-state index contributed by atoms with van der Waals surface area (Å²) in [5.41, 5.74) is 0.825. The van der Waals surface area contributed by atoms with E-state index < -0.39 is 21.6 Å². The van der Waals surface area contributed by atoms with Crippen LogP contribution in [0.25, 0.3) is 0 Å². The molecule has 0 spiro atoms. The molecule has 1 N–H and O–H groups in total. The van der Waals surface area contributed by atoms with Crippen LogP contribution >= 0.6 is 0 Å². The molecule has 21 heavy (non-hydrogen) atoms. The van der Waals surface area contributed by atoms with E-state index in [0.717, 1.165) is 5.56 Å². The second-order valence-corrected chi connectivity index (χ2v) is 6.62. The quantitative estimate of drug-likeness (QED) is 0.719. The normalized spacial score (nSPS) is 12.7. The lowest BCUT2D eigenvalue weighted by Gasteiger charge is -2.18. The minimum absolute atomic E-state index is 0.164. The molecule has 0 aliphatic carbocycles. The summed E-state index contributed by atoms with van der Waals surface area (Å²) in [7, 11) is -0.810. The molecule has 0 saturated carbocycles. The van der Waals surface area contributed by atoms with Gasteiger partial charge >= 0.3 is 5.97 Å². The van der Waals surface area contributed by atoms with Crippen molar-refractivity contribution in [3.05, 3.63) is 29.8 Å². The smallest absolute Gasteiger partial charge is 0.320 e. The van der Waals surface area contributed by atoms with Crippen LogP contribution < -0.4 is 10.1 Å². The molecule has 7 heteroatoms. The molecule has 0 amide bonds. The Morgan fingerprint density at radius 3 is 2.33 bits per heavy atom. The number of sulfone groups is 1. The van der Waals surface area contributed by atoms with Gasteiger partial charge in [-0.3, -0.25) is 4.79 Å². The van der Waals surface area contributed by atoms with Gasteiger partial charge in [0, 0.05) is 6.04 Å². The van der Waals surface area contributed by atoms with E-state index in [-0.39, 0.29) is 11.8 Å². The van der Waals surface area contributed by atoms with Gasteiger partial charge < -0.3 is 14.8 Å². The summed E-state index contributed by atoms with van der Waals surface area (Å²) in [6, 6.07) is 6.77. The zero-order chi connectivity index (χ0) is 15.9. The highest BCUT2D eigenvalue weighted by Crippen LogP contribution is 2.19. The molecule has 0 aromatic heterocycles. The number of nitrogens with one attached hydrogen (secondary N) is 1. The second kappa shape index (κ2) is 7.99. The van der Waals surface area contributed by atoms with E-state index >= 15 is 0 Å². The highest BCUT2D eigenvalue weighted by atomic mass is 32.2. The van der Waals surface area contributed by atoms with Crippen LogP contribution in [0, 0.1) is 0 Å². The molecule has 0 radical (unpaired) electrons. The molecule has 118 valence electrons. The standard InChI is InChI=1S/C14H21NO5S/c1-4-15-13(9-21(17,18)10-14(16)20-3)11-5-7-12(19-2)8-6-11/h5-8,13,15H,4,9-10H2,1-3H3. The van der Waals surface area contributed by atoms with Gasteiger partial charge in [0.1, 0.15) is 11.5 Å². The molecule has 1 unspecified atom stereocenters. The first-order valence-electron chi connectivity index (χ1n) is 6.56. The summed E-state index contributed by atoms with van der Waals surface area (Å²) in [6.07, 6.45) is 0. The second-order valence-electron chi connectivity index (χ2n) is 4.51. The molecule has 1 aromatic rings. The Bertz CT molecular complexity index is 553. The lowest BCUT2D eigenvalue weighted by molar-refractivity contribution is -0.137. The van der Waals surface area contributed by atoms with E-state index in [0.29, 0.717) is 12.3 Å². The monoisotopic (exact) mass is 315 g/mol. The van der Waals surface area contributed by atoms with Gasteiger partial charge in [0.05, 0.1) is 20.0 Å². The molecular formula is C14H21NO5S. The summed E-state index contributed by atoms with van der Waals surface area (Å²) in [6.45, 7) is 2.51. The van der Waals surface area contributed by atoms with Crippen LogP contribution in [-0.2, 0) is 19.4 Å². The lowest BCUT2D eigenvalue weighted by Crippen LogP contribution is -2.31. The third-order valence-corrected chi connectivity index (χ3v) is 4.47. The van der Waals surface area contributed by atoms with Crippen LogP contribution in [0.4, 0.5) is 0 Å². The molecule has 0 heterocycles. The summed E-state index contributed by atoms with van der Waals surface area (Å²) in [5.74, 6) is -0.824. The summed E-state index contributed by atoms with van der Waals surface area (Å²) in [5, 5.41) is 3.11. The maximum Gasteiger partial charge on any atom is 0.320 e. The fourth-order valence-corrected chi connectivity index (χ4v) is 3.32. The number of methoxy groups -OCH3 is 2. The van der Waals surface area contributed by atoms with Gasteiger partial charge in [0.15, 0.2) is 9.84 Å². The first kappa shape index (κ1) is 17.5. The third kappa shape index (κ3) is 5.73. The molecule has 0 saturated heterocycles. The Morgan fingerprint density at radius 1 is 1.24 bits per heavy atom. The van der Waals surface area contributed by atoms with Crippen molar-refractivity contribution in [1.82, 2.24) is 5.32 Å². The summed E-state index contributed by atoms with van der Waals surface area (Å²) in [4.78, 5) is 11.1. The number of hydrogen-bond donors (Lipinski definition) is 1. The number of rotatable bonds is 8. The van der Waals surface area contributed by atoms with Crippen LogP contribution in [0.3, 0.4) is 0 Å². The van der Waals surface area contributed by atoms with Crippen molar-refractivity contribution in [1.29, 1.82) is 0 Å². The first-order chi connectivity index (χ1) is 9.91. The molecule has 0 fully saturated rings. The Labute approximate surface area is 125 Å².